The van der Waals surface area contributed by atoms with Gasteiger partial charge >= 0.3 is 6.09 Å². The van der Waals surface area contributed by atoms with E-state index in [4.69, 9.17) is 4.74 Å². The van der Waals surface area contributed by atoms with Gasteiger partial charge in [-0.05, 0) is 70.0 Å². The summed E-state index contributed by atoms with van der Waals surface area (Å²) < 4.78 is 5.16. The molecule has 1 unspecified atom stereocenters. The van der Waals surface area contributed by atoms with Crippen molar-refractivity contribution in [3.8, 4) is 0 Å². The number of amides is 3. The monoisotopic (exact) mass is 526 g/mol. The molecule has 3 amide bonds. The largest absolute Gasteiger partial charge is 0.450 e. The highest BCUT2D eigenvalue weighted by atomic mass is 16.6. The molecule has 1 saturated heterocycles. The summed E-state index contributed by atoms with van der Waals surface area (Å²) in [5.74, 6) is -0.382. The number of aryl methyl sites for hydroxylation is 2. The second kappa shape index (κ2) is 11.2. The molecule has 0 spiro atoms. The summed E-state index contributed by atoms with van der Waals surface area (Å²) in [4.78, 5) is 42.7. The predicted octanol–water partition coefficient (Wildman–Crippen LogP) is 5.74. The zero-order valence-electron chi connectivity index (χ0n) is 22.6. The number of nitrogens with zero attached hydrogens (tertiary/aromatic N) is 2. The van der Waals surface area contributed by atoms with Crippen molar-refractivity contribution in [3.63, 3.8) is 0 Å². The maximum absolute atomic E-state index is 13.9. The van der Waals surface area contributed by atoms with E-state index in [0.717, 1.165) is 22.4 Å². The molecule has 0 aromatic heterocycles. The number of fused-ring (bicyclic) bond motifs is 1. The molecule has 39 heavy (non-hydrogen) atoms. The average Bonchev–Trinajstić information content (AvgIpc) is 3.21. The van der Waals surface area contributed by atoms with Crippen molar-refractivity contribution in [1.82, 2.24) is 9.80 Å². The van der Waals surface area contributed by atoms with Gasteiger partial charge in [-0.1, -0.05) is 41.5 Å². The highest BCUT2D eigenvalue weighted by Gasteiger charge is 2.42. The number of likely N-dealkylation sites (tertiary alicyclic amines) is 1. The molecule has 2 N–H and O–H groups in total. The Kier molecular flexibility index (Phi) is 7.54. The van der Waals surface area contributed by atoms with Crippen molar-refractivity contribution in [3.05, 3.63) is 94.5 Å². The van der Waals surface area contributed by atoms with Crippen LogP contribution in [-0.2, 0) is 4.74 Å². The first-order valence-electron chi connectivity index (χ1n) is 13.4. The highest BCUT2D eigenvalue weighted by molar-refractivity contribution is 6.07. The lowest BCUT2D eigenvalue weighted by molar-refractivity contribution is 0.0496. The topological polar surface area (TPSA) is 91.0 Å². The third kappa shape index (κ3) is 5.60. The number of hydrogen-bond donors (Lipinski definition) is 2. The first-order chi connectivity index (χ1) is 18.8. The second-order valence-electron chi connectivity index (χ2n) is 10.2. The van der Waals surface area contributed by atoms with E-state index in [1.807, 2.05) is 73.3 Å². The molecule has 0 saturated carbocycles. The van der Waals surface area contributed by atoms with Crippen molar-refractivity contribution in [2.24, 2.45) is 0 Å². The normalized spacial score (nSPS) is 17.1. The summed E-state index contributed by atoms with van der Waals surface area (Å²) in [7, 11) is 0. The molecule has 3 aromatic carbocycles. The average molecular weight is 527 g/mol. The number of carbonyl (C=O) groups excluding carboxylic acids is 3. The van der Waals surface area contributed by atoms with E-state index in [2.05, 4.69) is 10.6 Å². The minimum atomic E-state index is -0.386. The molecule has 1 atom stereocenters. The van der Waals surface area contributed by atoms with Gasteiger partial charge in [0.05, 0.1) is 6.61 Å². The van der Waals surface area contributed by atoms with Gasteiger partial charge in [-0.3, -0.25) is 9.59 Å². The minimum Gasteiger partial charge on any atom is -0.450 e. The number of ether oxygens (including phenoxy) is 1. The third-order valence-electron chi connectivity index (χ3n) is 7.40. The molecule has 2 heterocycles. The van der Waals surface area contributed by atoms with Gasteiger partial charge in [0.2, 0.25) is 0 Å². The SMILES string of the molecule is CCOC(=O)N1CCC(N2C(=O)c3cc(C(=O)Nc4ccc(C)cc4)ccc3C2Nc2ccc(C)cc2)CC1. The fraction of sp³-hybridized carbons (Fsp3) is 0.323. The quantitative estimate of drug-likeness (QED) is 0.427. The van der Waals surface area contributed by atoms with Crippen molar-refractivity contribution < 1.29 is 19.1 Å². The summed E-state index contributed by atoms with van der Waals surface area (Å²) in [6, 6.07) is 20.9. The fourth-order valence-electron chi connectivity index (χ4n) is 5.24. The van der Waals surface area contributed by atoms with Crippen LogP contribution in [-0.4, -0.2) is 53.4 Å². The van der Waals surface area contributed by atoms with E-state index in [0.29, 0.717) is 49.4 Å². The van der Waals surface area contributed by atoms with Gasteiger partial charge < -0.3 is 25.2 Å². The number of anilines is 2. The van der Waals surface area contributed by atoms with Gasteiger partial charge in [0, 0.05) is 47.2 Å². The smallest absolute Gasteiger partial charge is 0.409 e. The molecule has 8 heteroatoms. The molecule has 0 radical (unpaired) electrons. The molecule has 0 aliphatic carbocycles. The molecule has 3 aromatic rings. The van der Waals surface area contributed by atoms with E-state index in [1.54, 1.807) is 24.0 Å². The van der Waals surface area contributed by atoms with Gasteiger partial charge in [-0.15, -0.1) is 0 Å². The number of hydrogen-bond acceptors (Lipinski definition) is 5. The second-order valence-corrected chi connectivity index (χ2v) is 10.2. The molecule has 8 nitrogen and oxygen atoms in total. The van der Waals surface area contributed by atoms with E-state index in [-0.39, 0.29) is 30.1 Å². The van der Waals surface area contributed by atoms with Crippen LogP contribution < -0.4 is 10.6 Å². The summed E-state index contributed by atoms with van der Waals surface area (Å²) in [6.45, 7) is 7.19. The molecule has 202 valence electrons. The van der Waals surface area contributed by atoms with Crippen molar-refractivity contribution >= 4 is 29.3 Å². The zero-order valence-corrected chi connectivity index (χ0v) is 22.6. The standard InChI is InChI=1S/C31H34N4O4/c1-4-39-31(38)34-17-15-25(16-18-34)35-28(32-23-10-5-20(2)6-11-23)26-14-9-22(19-27(26)30(35)37)29(36)33-24-12-7-21(3)8-13-24/h5-14,19,25,28,32H,4,15-18H2,1-3H3,(H,33,36). The lowest BCUT2D eigenvalue weighted by Gasteiger charge is -2.39. The van der Waals surface area contributed by atoms with Crippen LogP contribution in [0.4, 0.5) is 16.2 Å². The first kappa shape index (κ1) is 26.3. The molecular formula is C31H34N4O4. The van der Waals surface area contributed by atoms with Gasteiger partial charge in [-0.2, -0.15) is 0 Å². The van der Waals surface area contributed by atoms with E-state index in [9.17, 15) is 14.4 Å². The Balaban J connectivity index is 1.41. The molecule has 0 bridgehead atoms. The number of nitrogens with one attached hydrogen (secondary N) is 2. The van der Waals surface area contributed by atoms with Crippen LogP contribution in [0.3, 0.4) is 0 Å². The van der Waals surface area contributed by atoms with Gasteiger partial charge in [-0.25, -0.2) is 4.79 Å². The van der Waals surface area contributed by atoms with E-state index in [1.165, 1.54) is 0 Å². The Labute approximate surface area is 228 Å². The van der Waals surface area contributed by atoms with Gasteiger partial charge in [0.15, 0.2) is 0 Å². The lowest BCUT2D eigenvalue weighted by atomic mass is 10.0. The first-order valence-corrected chi connectivity index (χ1v) is 13.4. The Morgan fingerprint density at radius 2 is 1.51 bits per heavy atom. The number of benzene rings is 3. The third-order valence-corrected chi connectivity index (χ3v) is 7.40. The Hall–Kier alpha value is -4.33. The number of carbonyl (C=O) groups is 3. The maximum Gasteiger partial charge on any atom is 0.409 e. The summed E-state index contributed by atoms with van der Waals surface area (Å²) in [6.07, 6.45) is 0.589. The molecule has 2 aliphatic heterocycles. The van der Waals surface area contributed by atoms with Gasteiger partial charge in [0.1, 0.15) is 6.17 Å². The van der Waals surface area contributed by atoms with Crippen LogP contribution >= 0.6 is 0 Å². The Morgan fingerprint density at radius 1 is 0.897 bits per heavy atom. The van der Waals surface area contributed by atoms with Crippen LogP contribution in [0.25, 0.3) is 0 Å². The molecule has 1 fully saturated rings. The summed E-state index contributed by atoms with van der Waals surface area (Å²) >= 11 is 0. The van der Waals surface area contributed by atoms with Gasteiger partial charge in [0.25, 0.3) is 11.8 Å². The van der Waals surface area contributed by atoms with Crippen LogP contribution in [0.15, 0.2) is 66.7 Å². The highest BCUT2D eigenvalue weighted by Crippen LogP contribution is 2.39. The fourth-order valence-corrected chi connectivity index (χ4v) is 5.24. The van der Waals surface area contributed by atoms with Crippen molar-refractivity contribution in [2.75, 3.05) is 30.3 Å². The summed E-state index contributed by atoms with van der Waals surface area (Å²) in [5.41, 5.74) is 5.64. The van der Waals surface area contributed by atoms with E-state index >= 15 is 0 Å². The van der Waals surface area contributed by atoms with E-state index < -0.39 is 0 Å². The molecule has 2 aliphatic rings. The van der Waals surface area contributed by atoms with Crippen LogP contribution in [0.5, 0.6) is 0 Å². The zero-order chi connectivity index (χ0) is 27.5. The number of piperidine rings is 1. The molecular weight excluding hydrogens is 492 g/mol. The van der Waals surface area contributed by atoms with Crippen LogP contribution in [0.1, 0.15) is 63.3 Å². The number of rotatable bonds is 6. The Morgan fingerprint density at radius 3 is 2.13 bits per heavy atom. The summed E-state index contributed by atoms with van der Waals surface area (Å²) in [5, 5.41) is 6.47. The van der Waals surface area contributed by atoms with Crippen molar-refractivity contribution in [2.45, 2.75) is 45.8 Å². The molecule has 5 rings (SSSR count). The predicted molar refractivity (Wildman–Crippen MR) is 151 cm³/mol. The Bertz CT molecular complexity index is 1360. The van der Waals surface area contributed by atoms with Crippen molar-refractivity contribution in [1.29, 1.82) is 0 Å². The minimum absolute atomic E-state index is 0.0663. The van der Waals surface area contributed by atoms with Crippen LogP contribution in [0, 0.1) is 13.8 Å². The van der Waals surface area contributed by atoms with Crippen LogP contribution in [0.2, 0.25) is 0 Å². The maximum atomic E-state index is 13.9. The lowest BCUT2D eigenvalue weighted by Crippen LogP contribution is -2.49.